The average Bonchev–Trinajstić information content (AvgIpc) is 2.20. The van der Waals surface area contributed by atoms with Crippen LogP contribution in [-0.2, 0) is 11.2 Å². The molecule has 0 aliphatic heterocycles. The molecule has 0 amide bonds. The summed E-state index contributed by atoms with van der Waals surface area (Å²) in [6, 6.07) is 4.98. The highest BCUT2D eigenvalue weighted by Gasteiger charge is 2.32. The van der Waals surface area contributed by atoms with Gasteiger partial charge in [0.1, 0.15) is 5.75 Å². The van der Waals surface area contributed by atoms with Gasteiger partial charge >= 0.3 is 5.97 Å². The lowest BCUT2D eigenvalue weighted by Crippen LogP contribution is -2.37. The van der Waals surface area contributed by atoms with E-state index in [1.54, 1.807) is 18.2 Å². The van der Waals surface area contributed by atoms with Gasteiger partial charge in [-0.25, -0.2) is 4.79 Å². The third kappa shape index (κ3) is 2.65. The van der Waals surface area contributed by atoms with Gasteiger partial charge in [-0.05, 0) is 19.1 Å². The van der Waals surface area contributed by atoms with Crippen LogP contribution in [0.25, 0.3) is 0 Å². The molecule has 16 heavy (non-hydrogen) atoms. The molecule has 0 bridgehead atoms. The van der Waals surface area contributed by atoms with Crippen molar-refractivity contribution >= 4 is 17.6 Å². The quantitative estimate of drug-likeness (QED) is 0.847. The van der Waals surface area contributed by atoms with Crippen LogP contribution in [0, 0.1) is 0 Å². The summed E-state index contributed by atoms with van der Waals surface area (Å²) in [5.74, 6) is -0.830. The molecular weight excluding hydrogens is 232 g/mol. The van der Waals surface area contributed by atoms with Crippen LogP contribution < -0.4 is 4.74 Å². The van der Waals surface area contributed by atoms with Gasteiger partial charge in [0.2, 0.25) is 0 Å². The van der Waals surface area contributed by atoms with Crippen LogP contribution in [0.5, 0.6) is 5.75 Å². The standard InChI is InChI=1S/C11H13ClO4/c1-11(15,10(13)14)6-7-8(12)4-3-5-9(7)16-2/h3-5,15H,6H2,1-2H3,(H,13,14). The number of carboxylic acids is 1. The van der Waals surface area contributed by atoms with Gasteiger partial charge < -0.3 is 14.9 Å². The molecule has 0 saturated carbocycles. The summed E-state index contributed by atoms with van der Waals surface area (Å²) < 4.78 is 5.06. The van der Waals surface area contributed by atoms with Gasteiger partial charge in [0.05, 0.1) is 7.11 Å². The molecule has 2 N–H and O–H groups in total. The molecule has 0 aliphatic rings. The minimum atomic E-state index is -1.86. The van der Waals surface area contributed by atoms with E-state index in [2.05, 4.69) is 0 Å². The van der Waals surface area contributed by atoms with Gasteiger partial charge in [-0.2, -0.15) is 0 Å². The molecule has 0 saturated heterocycles. The van der Waals surface area contributed by atoms with Crippen LogP contribution in [0.15, 0.2) is 18.2 Å². The first kappa shape index (κ1) is 12.8. The lowest BCUT2D eigenvalue weighted by molar-refractivity contribution is -0.156. The van der Waals surface area contributed by atoms with Gasteiger partial charge in [-0.15, -0.1) is 0 Å². The predicted molar refractivity (Wildman–Crippen MR) is 60.0 cm³/mol. The normalized spacial score (nSPS) is 14.2. The Morgan fingerprint density at radius 3 is 2.69 bits per heavy atom. The van der Waals surface area contributed by atoms with Gasteiger partial charge in [0.25, 0.3) is 0 Å². The van der Waals surface area contributed by atoms with Crippen molar-refractivity contribution in [2.75, 3.05) is 7.11 Å². The van der Waals surface area contributed by atoms with Crippen molar-refractivity contribution in [2.45, 2.75) is 18.9 Å². The van der Waals surface area contributed by atoms with Crippen LogP contribution in [-0.4, -0.2) is 28.9 Å². The Morgan fingerprint density at radius 1 is 1.56 bits per heavy atom. The largest absolute Gasteiger partial charge is 0.496 e. The molecule has 1 unspecified atom stereocenters. The highest BCUT2D eigenvalue weighted by Crippen LogP contribution is 2.29. The first-order valence-electron chi connectivity index (χ1n) is 4.65. The Labute approximate surface area is 98.4 Å². The number of aliphatic hydroxyl groups is 1. The Kier molecular flexibility index (Phi) is 3.78. The van der Waals surface area contributed by atoms with E-state index in [1.807, 2.05) is 0 Å². The molecule has 5 heteroatoms. The minimum absolute atomic E-state index is 0.106. The number of carboxylic acid groups (broad SMARTS) is 1. The Morgan fingerprint density at radius 2 is 2.19 bits per heavy atom. The SMILES string of the molecule is COc1cccc(Cl)c1CC(C)(O)C(=O)O. The first-order chi connectivity index (χ1) is 7.38. The highest BCUT2D eigenvalue weighted by molar-refractivity contribution is 6.31. The van der Waals surface area contributed by atoms with Crippen molar-refractivity contribution in [3.63, 3.8) is 0 Å². The summed E-state index contributed by atoms with van der Waals surface area (Å²) in [6.07, 6.45) is -0.106. The van der Waals surface area contributed by atoms with E-state index in [1.165, 1.54) is 14.0 Å². The van der Waals surface area contributed by atoms with E-state index >= 15 is 0 Å². The van der Waals surface area contributed by atoms with Crippen molar-refractivity contribution in [3.05, 3.63) is 28.8 Å². The maximum atomic E-state index is 10.8. The topological polar surface area (TPSA) is 66.8 Å². The predicted octanol–water partition coefficient (Wildman–Crippen LogP) is 1.73. The molecule has 4 nitrogen and oxygen atoms in total. The number of hydrogen-bond donors (Lipinski definition) is 2. The lowest BCUT2D eigenvalue weighted by atomic mass is 9.96. The summed E-state index contributed by atoms with van der Waals surface area (Å²) in [6.45, 7) is 1.22. The number of rotatable bonds is 4. The van der Waals surface area contributed by atoms with E-state index in [-0.39, 0.29) is 6.42 Å². The zero-order chi connectivity index (χ0) is 12.3. The summed E-state index contributed by atoms with van der Waals surface area (Å²) >= 11 is 5.93. The fourth-order valence-electron chi connectivity index (χ4n) is 1.32. The van der Waals surface area contributed by atoms with Gasteiger partial charge in [-0.1, -0.05) is 17.7 Å². The first-order valence-corrected chi connectivity index (χ1v) is 5.03. The number of methoxy groups -OCH3 is 1. The van der Waals surface area contributed by atoms with Gasteiger partial charge in [0.15, 0.2) is 5.60 Å². The van der Waals surface area contributed by atoms with E-state index in [0.29, 0.717) is 16.3 Å². The molecule has 1 aromatic carbocycles. The van der Waals surface area contributed by atoms with E-state index < -0.39 is 11.6 Å². The molecule has 1 atom stereocenters. The Hall–Kier alpha value is -1.26. The number of benzene rings is 1. The molecule has 0 aliphatic carbocycles. The Balaban J connectivity index is 3.09. The molecule has 0 fully saturated rings. The number of ether oxygens (including phenoxy) is 1. The van der Waals surface area contributed by atoms with Crippen molar-refractivity contribution < 1.29 is 19.7 Å². The number of hydrogen-bond acceptors (Lipinski definition) is 3. The Bertz CT molecular complexity index is 401. The van der Waals surface area contributed by atoms with Gasteiger partial charge in [0, 0.05) is 17.0 Å². The average molecular weight is 245 g/mol. The van der Waals surface area contributed by atoms with E-state index in [4.69, 9.17) is 21.4 Å². The molecule has 0 heterocycles. The number of carbonyl (C=O) groups is 1. The smallest absolute Gasteiger partial charge is 0.335 e. The summed E-state index contributed by atoms with van der Waals surface area (Å²) in [7, 11) is 1.46. The van der Waals surface area contributed by atoms with Crippen LogP contribution in [0.2, 0.25) is 5.02 Å². The van der Waals surface area contributed by atoms with Crippen LogP contribution in [0.1, 0.15) is 12.5 Å². The van der Waals surface area contributed by atoms with Crippen LogP contribution in [0.3, 0.4) is 0 Å². The maximum Gasteiger partial charge on any atom is 0.335 e. The van der Waals surface area contributed by atoms with Crippen molar-refractivity contribution in [3.8, 4) is 5.75 Å². The lowest BCUT2D eigenvalue weighted by Gasteiger charge is -2.20. The number of aliphatic carboxylic acids is 1. The monoisotopic (exact) mass is 244 g/mol. The van der Waals surface area contributed by atoms with Crippen LogP contribution >= 0.6 is 11.6 Å². The van der Waals surface area contributed by atoms with E-state index in [9.17, 15) is 9.90 Å². The molecule has 0 aromatic heterocycles. The molecule has 0 spiro atoms. The van der Waals surface area contributed by atoms with E-state index in [0.717, 1.165) is 0 Å². The third-order valence-corrected chi connectivity index (χ3v) is 2.63. The zero-order valence-electron chi connectivity index (χ0n) is 9.03. The highest BCUT2D eigenvalue weighted by atomic mass is 35.5. The summed E-state index contributed by atoms with van der Waals surface area (Å²) in [5.41, 5.74) is -1.38. The number of halogens is 1. The van der Waals surface area contributed by atoms with Gasteiger partial charge in [-0.3, -0.25) is 0 Å². The van der Waals surface area contributed by atoms with Crippen molar-refractivity contribution in [1.82, 2.24) is 0 Å². The minimum Gasteiger partial charge on any atom is -0.496 e. The molecule has 88 valence electrons. The fourth-order valence-corrected chi connectivity index (χ4v) is 1.55. The molecule has 1 rings (SSSR count). The maximum absolute atomic E-state index is 10.8. The van der Waals surface area contributed by atoms with Crippen molar-refractivity contribution in [2.24, 2.45) is 0 Å². The second-order valence-corrected chi connectivity index (χ2v) is 4.08. The molecule has 0 radical (unpaired) electrons. The summed E-state index contributed by atoms with van der Waals surface area (Å²) in [4.78, 5) is 10.8. The second-order valence-electron chi connectivity index (χ2n) is 3.68. The van der Waals surface area contributed by atoms with Crippen molar-refractivity contribution in [1.29, 1.82) is 0 Å². The second kappa shape index (κ2) is 4.72. The van der Waals surface area contributed by atoms with Crippen LogP contribution in [0.4, 0.5) is 0 Å². The molecule has 1 aromatic rings. The third-order valence-electron chi connectivity index (χ3n) is 2.28. The molecular formula is C11H13ClO4. The summed E-state index contributed by atoms with van der Waals surface area (Å²) in [5, 5.41) is 18.9. The fraction of sp³-hybridized carbons (Fsp3) is 0.364. The zero-order valence-corrected chi connectivity index (χ0v) is 9.78.